The van der Waals surface area contributed by atoms with E-state index in [-0.39, 0.29) is 11.9 Å². The second kappa shape index (κ2) is 8.18. The van der Waals surface area contributed by atoms with Gasteiger partial charge in [0.2, 0.25) is 0 Å². The summed E-state index contributed by atoms with van der Waals surface area (Å²) in [5.74, 6) is -0.621. The summed E-state index contributed by atoms with van der Waals surface area (Å²) in [6, 6.07) is 11.1. The van der Waals surface area contributed by atoms with Gasteiger partial charge in [-0.05, 0) is 35.6 Å². The molecule has 1 unspecified atom stereocenters. The van der Waals surface area contributed by atoms with Gasteiger partial charge in [0.1, 0.15) is 0 Å². The Balaban J connectivity index is 1.88. The first-order valence-corrected chi connectivity index (χ1v) is 9.48. The molecular formula is C20H21N3O3S. The Morgan fingerprint density at radius 1 is 1.30 bits per heavy atom. The number of carbonyl (C=O) groups excluding carboxylic acids is 2. The van der Waals surface area contributed by atoms with E-state index in [4.69, 9.17) is 4.74 Å². The van der Waals surface area contributed by atoms with Gasteiger partial charge in [-0.1, -0.05) is 25.1 Å². The highest BCUT2D eigenvalue weighted by molar-refractivity contribution is 7.10. The van der Waals surface area contributed by atoms with Crippen LogP contribution in [0.25, 0.3) is 11.1 Å². The predicted molar refractivity (Wildman–Crippen MR) is 105 cm³/mol. The number of esters is 1. The van der Waals surface area contributed by atoms with Gasteiger partial charge in [-0.2, -0.15) is 5.10 Å². The second-order valence-corrected chi connectivity index (χ2v) is 7.03. The van der Waals surface area contributed by atoms with Crippen molar-refractivity contribution in [1.82, 2.24) is 15.1 Å². The first-order valence-electron chi connectivity index (χ1n) is 8.60. The van der Waals surface area contributed by atoms with E-state index in [0.29, 0.717) is 16.8 Å². The zero-order valence-electron chi connectivity index (χ0n) is 15.4. The first kappa shape index (κ1) is 18.8. The van der Waals surface area contributed by atoms with Gasteiger partial charge in [0.25, 0.3) is 5.91 Å². The smallest absolute Gasteiger partial charge is 0.356 e. The summed E-state index contributed by atoms with van der Waals surface area (Å²) in [5, 5.41) is 9.23. The van der Waals surface area contributed by atoms with E-state index in [1.807, 2.05) is 30.5 Å². The van der Waals surface area contributed by atoms with E-state index >= 15 is 0 Å². The van der Waals surface area contributed by atoms with Gasteiger partial charge in [-0.15, -0.1) is 11.3 Å². The van der Waals surface area contributed by atoms with Crippen molar-refractivity contribution in [3.05, 3.63) is 64.1 Å². The van der Waals surface area contributed by atoms with E-state index in [1.54, 1.807) is 42.8 Å². The number of amides is 1. The molecule has 1 N–H and O–H groups in total. The molecule has 0 fully saturated rings. The van der Waals surface area contributed by atoms with Crippen LogP contribution in [-0.2, 0) is 11.8 Å². The summed E-state index contributed by atoms with van der Waals surface area (Å²) in [4.78, 5) is 25.9. The largest absolute Gasteiger partial charge is 0.464 e. The molecule has 6 nitrogen and oxygen atoms in total. The lowest BCUT2D eigenvalue weighted by Gasteiger charge is -2.16. The van der Waals surface area contributed by atoms with Gasteiger partial charge in [0, 0.05) is 23.1 Å². The number of aromatic nitrogens is 2. The molecule has 7 heteroatoms. The summed E-state index contributed by atoms with van der Waals surface area (Å²) in [6.07, 6.45) is 2.41. The van der Waals surface area contributed by atoms with Crippen LogP contribution < -0.4 is 5.32 Å². The Kier molecular flexibility index (Phi) is 5.71. The average Bonchev–Trinajstić information content (AvgIpc) is 3.35. The minimum atomic E-state index is -0.469. The van der Waals surface area contributed by atoms with Crippen molar-refractivity contribution in [2.75, 3.05) is 7.11 Å². The Morgan fingerprint density at radius 2 is 2.11 bits per heavy atom. The van der Waals surface area contributed by atoms with Crippen molar-refractivity contribution < 1.29 is 14.3 Å². The molecule has 2 heterocycles. The summed E-state index contributed by atoms with van der Waals surface area (Å²) in [7, 11) is 3.01. The fraction of sp³-hybridized carbons (Fsp3) is 0.250. The van der Waals surface area contributed by atoms with E-state index in [0.717, 1.165) is 16.9 Å². The van der Waals surface area contributed by atoms with Gasteiger partial charge in [-0.3, -0.25) is 9.48 Å². The maximum atomic E-state index is 12.8. The van der Waals surface area contributed by atoms with Gasteiger partial charge >= 0.3 is 5.97 Å². The summed E-state index contributed by atoms with van der Waals surface area (Å²) < 4.78 is 6.32. The van der Waals surface area contributed by atoms with Crippen LogP contribution in [0.4, 0.5) is 0 Å². The summed E-state index contributed by atoms with van der Waals surface area (Å²) >= 11 is 1.63. The van der Waals surface area contributed by atoms with Crippen LogP contribution in [0.5, 0.6) is 0 Å². The minimum Gasteiger partial charge on any atom is -0.464 e. The van der Waals surface area contributed by atoms with Gasteiger partial charge < -0.3 is 10.1 Å². The normalized spacial score (nSPS) is 11.8. The molecule has 2 aromatic heterocycles. The van der Waals surface area contributed by atoms with Crippen molar-refractivity contribution in [2.24, 2.45) is 7.05 Å². The third-order valence-corrected chi connectivity index (χ3v) is 5.34. The Morgan fingerprint density at radius 3 is 2.78 bits per heavy atom. The monoisotopic (exact) mass is 383 g/mol. The molecule has 0 saturated carbocycles. The van der Waals surface area contributed by atoms with Crippen LogP contribution in [0, 0.1) is 0 Å². The topological polar surface area (TPSA) is 73.2 Å². The Bertz CT molecular complexity index is 947. The second-order valence-electron chi connectivity index (χ2n) is 6.05. The number of nitrogens with zero attached hydrogens (tertiary/aromatic N) is 2. The lowest BCUT2D eigenvalue weighted by Crippen LogP contribution is -2.27. The summed E-state index contributed by atoms with van der Waals surface area (Å²) in [6.45, 7) is 2.04. The lowest BCUT2D eigenvalue weighted by atomic mass is 10.0. The quantitative estimate of drug-likeness (QED) is 0.657. The molecule has 0 bridgehead atoms. The van der Waals surface area contributed by atoms with Crippen LogP contribution in [0.15, 0.2) is 48.0 Å². The number of nitrogens with one attached hydrogen (secondary N) is 1. The highest BCUT2D eigenvalue weighted by atomic mass is 32.1. The third kappa shape index (κ3) is 3.93. The lowest BCUT2D eigenvalue weighted by molar-refractivity contribution is 0.0589. The van der Waals surface area contributed by atoms with Crippen molar-refractivity contribution in [1.29, 1.82) is 0 Å². The van der Waals surface area contributed by atoms with Crippen LogP contribution in [0.1, 0.15) is 45.1 Å². The molecule has 0 aliphatic rings. The number of benzene rings is 1. The van der Waals surface area contributed by atoms with Crippen LogP contribution >= 0.6 is 11.3 Å². The van der Waals surface area contributed by atoms with Crippen LogP contribution in [-0.4, -0.2) is 28.8 Å². The number of ether oxygens (including phenoxy) is 1. The first-order chi connectivity index (χ1) is 13.0. The fourth-order valence-corrected chi connectivity index (χ4v) is 3.78. The molecule has 0 radical (unpaired) electrons. The highest BCUT2D eigenvalue weighted by Crippen LogP contribution is 2.26. The van der Waals surface area contributed by atoms with E-state index in [1.165, 1.54) is 11.8 Å². The number of hydrogen-bond donors (Lipinski definition) is 1. The minimum absolute atomic E-state index is 0.0230. The van der Waals surface area contributed by atoms with Crippen molar-refractivity contribution in [3.63, 3.8) is 0 Å². The number of aryl methyl sites for hydroxylation is 1. The number of hydrogen-bond acceptors (Lipinski definition) is 5. The Hall–Kier alpha value is -2.93. The Labute approximate surface area is 161 Å². The van der Waals surface area contributed by atoms with Crippen molar-refractivity contribution >= 4 is 23.2 Å². The number of rotatable bonds is 6. The molecule has 0 saturated heterocycles. The van der Waals surface area contributed by atoms with Gasteiger partial charge in [0.15, 0.2) is 5.69 Å². The van der Waals surface area contributed by atoms with E-state index in [9.17, 15) is 9.59 Å². The van der Waals surface area contributed by atoms with Crippen molar-refractivity contribution in [3.8, 4) is 11.1 Å². The van der Waals surface area contributed by atoms with E-state index < -0.39 is 5.97 Å². The molecule has 3 aromatic rings. The SMILES string of the molecule is CCC(NC(=O)c1cccc(-c2cnn(C)c2C(=O)OC)c1)c1cccs1. The maximum Gasteiger partial charge on any atom is 0.356 e. The fourth-order valence-electron chi connectivity index (χ4n) is 2.92. The summed E-state index contributed by atoms with van der Waals surface area (Å²) in [5.41, 5.74) is 2.24. The maximum absolute atomic E-state index is 12.8. The van der Waals surface area contributed by atoms with Crippen molar-refractivity contribution in [2.45, 2.75) is 19.4 Å². The number of carbonyl (C=O) groups is 2. The molecule has 0 aliphatic heterocycles. The number of methoxy groups -OCH3 is 1. The molecule has 3 rings (SSSR count). The van der Waals surface area contributed by atoms with Gasteiger partial charge in [0.05, 0.1) is 19.3 Å². The number of thiophene rings is 1. The molecule has 140 valence electrons. The van der Waals surface area contributed by atoms with E-state index in [2.05, 4.69) is 10.4 Å². The molecule has 0 aliphatic carbocycles. The average molecular weight is 383 g/mol. The van der Waals surface area contributed by atoms with Gasteiger partial charge in [-0.25, -0.2) is 4.79 Å². The molecular weight excluding hydrogens is 362 g/mol. The molecule has 0 spiro atoms. The predicted octanol–water partition coefficient (Wildman–Crippen LogP) is 3.82. The van der Waals surface area contributed by atoms with Crippen LogP contribution in [0.2, 0.25) is 0 Å². The zero-order valence-corrected chi connectivity index (χ0v) is 16.2. The standard InChI is InChI=1S/C20H21N3O3S/c1-4-16(17-9-6-10-27-17)22-19(24)14-8-5-7-13(11-14)15-12-21-23(2)18(15)20(25)26-3/h5-12,16H,4H2,1-3H3,(H,22,24). The molecule has 27 heavy (non-hydrogen) atoms. The van der Waals surface area contributed by atoms with Crippen LogP contribution in [0.3, 0.4) is 0 Å². The zero-order chi connectivity index (χ0) is 19.4. The third-order valence-electron chi connectivity index (χ3n) is 4.35. The molecule has 1 aromatic carbocycles. The molecule has 1 amide bonds. The highest BCUT2D eigenvalue weighted by Gasteiger charge is 2.20. The molecule has 1 atom stereocenters.